The van der Waals surface area contributed by atoms with Crippen molar-refractivity contribution >= 4 is 16.9 Å². The van der Waals surface area contributed by atoms with Gasteiger partial charge in [0.25, 0.3) is 5.56 Å². The Balaban J connectivity index is 2.65. The largest absolute Gasteiger partial charge is 0.496 e. The highest BCUT2D eigenvalue weighted by molar-refractivity contribution is 5.86. The average molecular weight is 333 g/mol. The maximum Gasteiger partial charge on any atom is 0.303 e. The highest BCUT2D eigenvalue weighted by atomic mass is 16.6. The molecule has 0 radical (unpaired) electrons. The standard InChI is InChI=1S/C18H23NO5/c1-11(20)24-15(18(2,3)22)10-13-16(23-5)12-8-6-7-9-14(12)19(4)17(13)21/h6-9,15,22H,10H2,1-5H3. The zero-order valence-electron chi connectivity index (χ0n) is 14.6. The first-order valence-electron chi connectivity index (χ1n) is 7.71. The Morgan fingerprint density at radius 2 is 1.96 bits per heavy atom. The highest BCUT2D eigenvalue weighted by Gasteiger charge is 2.32. The second-order valence-electron chi connectivity index (χ2n) is 6.35. The third-order valence-electron chi connectivity index (χ3n) is 4.04. The van der Waals surface area contributed by atoms with E-state index in [4.69, 9.17) is 9.47 Å². The number of aromatic nitrogens is 1. The Kier molecular flexibility index (Phi) is 4.99. The Hall–Kier alpha value is -2.34. The molecule has 1 aromatic carbocycles. The number of carbonyl (C=O) groups is 1. The van der Waals surface area contributed by atoms with Crippen LogP contribution in [-0.4, -0.2) is 34.5 Å². The van der Waals surface area contributed by atoms with Gasteiger partial charge in [-0.15, -0.1) is 0 Å². The molecule has 1 N–H and O–H groups in total. The molecule has 0 fully saturated rings. The van der Waals surface area contributed by atoms with Crippen molar-refractivity contribution in [1.82, 2.24) is 4.57 Å². The van der Waals surface area contributed by atoms with Gasteiger partial charge in [-0.1, -0.05) is 12.1 Å². The summed E-state index contributed by atoms with van der Waals surface area (Å²) in [6.45, 7) is 4.35. The van der Waals surface area contributed by atoms with E-state index in [0.29, 0.717) is 11.3 Å². The minimum absolute atomic E-state index is 0.0593. The van der Waals surface area contributed by atoms with Gasteiger partial charge < -0.3 is 19.1 Å². The number of rotatable bonds is 5. The predicted octanol–water partition coefficient (Wildman–Crippen LogP) is 1.79. The van der Waals surface area contributed by atoms with Crippen LogP contribution in [0.5, 0.6) is 5.75 Å². The number of ether oxygens (including phenoxy) is 2. The van der Waals surface area contributed by atoms with Crippen molar-refractivity contribution in [2.45, 2.75) is 38.9 Å². The molecule has 6 nitrogen and oxygen atoms in total. The molecule has 2 rings (SSSR count). The maximum absolute atomic E-state index is 12.8. The number of methoxy groups -OCH3 is 1. The van der Waals surface area contributed by atoms with E-state index in [1.54, 1.807) is 20.9 Å². The summed E-state index contributed by atoms with van der Waals surface area (Å²) in [5.74, 6) is -0.0752. The zero-order valence-corrected chi connectivity index (χ0v) is 14.6. The van der Waals surface area contributed by atoms with Crippen LogP contribution >= 0.6 is 0 Å². The monoisotopic (exact) mass is 333 g/mol. The predicted molar refractivity (Wildman–Crippen MR) is 91.3 cm³/mol. The molecule has 0 saturated carbocycles. The molecule has 24 heavy (non-hydrogen) atoms. The quantitative estimate of drug-likeness (QED) is 0.844. The summed E-state index contributed by atoms with van der Waals surface area (Å²) in [6.07, 6.45) is -0.804. The molecule has 1 heterocycles. The van der Waals surface area contributed by atoms with Crippen molar-refractivity contribution in [1.29, 1.82) is 0 Å². The summed E-state index contributed by atoms with van der Waals surface area (Å²) in [4.78, 5) is 24.1. The fraction of sp³-hybridized carbons (Fsp3) is 0.444. The lowest BCUT2D eigenvalue weighted by Gasteiger charge is -2.29. The van der Waals surface area contributed by atoms with Gasteiger partial charge in [0.05, 0.1) is 23.8 Å². The van der Waals surface area contributed by atoms with Crippen LogP contribution in [0.4, 0.5) is 0 Å². The van der Waals surface area contributed by atoms with E-state index >= 15 is 0 Å². The summed E-state index contributed by atoms with van der Waals surface area (Å²) in [5.41, 5.74) is -0.428. The first kappa shape index (κ1) is 18.0. The van der Waals surface area contributed by atoms with Crippen LogP contribution in [0.15, 0.2) is 29.1 Å². The number of hydrogen-bond donors (Lipinski definition) is 1. The normalized spacial score (nSPS) is 12.9. The zero-order chi connectivity index (χ0) is 18.1. The summed E-state index contributed by atoms with van der Waals surface area (Å²) in [6, 6.07) is 7.41. The molecular weight excluding hydrogens is 310 g/mol. The number of carbonyl (C=O) groups excluding carboxylic acids is 1. The minimum Gasteiger partial charge on any atom is -0.496 e. The molecule has 0 aliphatic rings. The van der Waals surface area contributed by atoms with E-state index < -0.39 is 17.7 Å². The molecule has 0 aliphatic heterocycles. The summed E-state index contributed by atoms with van der Waals surface area (Å²) >= 11 is 0. The molecule has 6 heteroatoms. The maximum atomic E-state index is 12.8. The second-order valence-corrected chi connectivity index (χ2v) is 6.35. The number of nitrogens with zero attached hydrogens (tertiary/aromatic N) is 1. The van der Waals surface area contributed by atoms with Crippen molar-refractivity contribution in [2.75, 3.05) is 7.11 Å². The second kappa shape index (κ2) is 6.65. The molecular formula is C18H23NO5. The van der Waals surface area contributed by atoms with Crippen molar-refractivity contribution in [3.63, 3.8) is 0 Å². The first-order chi connectivity index (χ1) is 11.2. The molecule has 1 aromatic heterocycles. The van der Waals surface area contributed by atoms with Crippen molar-refractivity contribution < 1.29 is 19.4 Å². The van der Waals surface area contributed by atoms with Gasteiger partial charge in [-0.2, -0.15) is 0 Å². The SMILES string of the molecule is COc1c(CC(OC(C)=O)C(C)(C)O)c(=O)n(C)c2ccccc12. The van der Waals surface area contributed by atoms with Crippen LogP contribution in [-0.2, 0) is 23.0 Å². The number of hydrogen-bond acceptors (Lipinski definition) is 5. The van der Waals surface area contributed by atoms with Gasteiger partial charge in [0.2, 0.25) is 0 Å². The van der Waals surface area contributed by atoms with Gasteiger partial charge >= 0.3 is 5.97 Å². The summed E-state index contributed by atoms with van der Waals surface area (Å²) < 4.78 is 12.2. The van der Waals surface area contributed by atoms with Gasteiger partial charge in [0.1, 0.15) is 11.9 Å². The average Bonchev–Trinajstić information content (AvgIpc) is 2.50. The smallest absolute Gasteiger partial charge is 0.303 e. The number of aliphatic hydroxyl groups is 1. The molecule has 0 bridgehead atoms. The number of pyridine rings is 1. The molecule has 0 amide bonds. The molecule has 130 valence electrons. The van der Waals surface area contributed by atoms with E-state index in [-0.39, 0.29) is 12.0 Å². The Morgan fingerprint density at radius 1 is 1.33 bits per heavy atom. The Labute approximate surface area is 140 Å². The number of para-hydroxylation sites is 1. The van der Waals surface area contributed by atoms with E-state index in [1.807, 2.05) is 24.3 Å². The minimum atomic E-state index is -1.30. The summed E-state index contributed by atoms with van der Waals surface area (Å²) in [5, 5.41) is 11.1. The lowest BCUT2D eigenvalue weighted by Crippen LogP contribution is -2.42. The van der Waals surface area contributed by atoms with Crippen LogP contribution < -0.4 is 10.3 Å². The molecule has 0 spiro atoms. The van der Waals surface area contributed by atoms with Crippen LogP contribution in [0, 0.1) is 0 Å². The molecule has 2 aromatic rings. The fourth-order valence-corrected chi connectivity index (χ4v) is 2.76. The Morgan fingerprint density at radius 3 is 2.50 bits per heavy atom. The molecule has 0 aliphatic carbocycles. The van der Waals surface area contributed by atoms with E-state index in [9.17, 15) is 14.7 Å². The third-order valence-corrected chi connectivity index (χ3v) is 4.04. The topological polar surface area (TPSA) is 77.8 Å². The fourth-order valence-electron chi connectivity index (χ4n) is 2.76. The van der Waals surface area contributed by atoms with E-state index in [2.05, 4.69) is 0 Å². The third kappa shape index (κ3) is 3.43. The van der Waals surface area contributed by atoms with Crippen molar-refractivity contribution in [3.05, 3.63) is 40.2 Å². The van der Waals surface area contributed by atoms with Crippen LogP contribution in [0.2, 0.25) is 0 Å². The van der Waals surface area contributed by atoms with E-state index in [1.165, 1.54) is 18.6 Å². The number of aryl methyl sites for hydroxylation is 1. The van der Waals surface area contributed by atoms with Gasteiger partial charge in [-0.3, -0.25) is 9.59 Å². The van der Waals surface area contributed by atoms with Crippen LogP contribution in [0.3, 0.4) is 0 Å². The van der Waals surface area contributed by atoms with Crippen molar-refractivity contribution in [2.24, 2.45) is 7.05 Å². The Bertz CT molecular complexity index is 816. The number of fused-ring (bicyclic) bond motifs is 1. The van der Waals surface area contributed by atoms with Gasteiger partial charge in [-0.05, 0) is 26.0 Å². The number of benzene rings is 1. The van der Waals surface area contributed by atoms with Crippen LogP contribution in [0.25, 0.3) is 10.9 Å². The van der Waals surface area contributed by atoms with Gasteiger partial charge in [0, 0.05) is 25.8 Å². The number of esters is 1. The molecule has 0 saturated heterocycles. The summed E-state index contributed by atoms with van der Waals surface area (Å²) in [7, 11) is 3.17. The van der Waals surface area contributed by atoms with Gasteiger partial charge in [0.15, 0.2) is 0 Å². The van der Waals surface area contributed by atoms with E-state index in [0.717, 1.165) is 10.9 Å². The van der Waals surface area contributed by atoms with Crippen molar-refractivity contribution in [3.8, 4) is 5.75 Å². The van der Waals surface area contributed by atoms with Gasteiger partial charge in [-0.25, -0.2) is 0 Å². The first-order valence-corrected chi connectivity index (χ1v) is 7.71. The molecule has 1 unspecified atom stereocenters. The molecule has 1 atom stereocenters. The lowest BCUT2D eigenvalue weighted by molar-refractivity contribution is -0.159. The highest BCUT2D eigenvalue weighted by Crippen LogP contribution is 2.29. The van der Waals surface area contributed by atoms with Crippen LogP contribution in [0.1, 0.15) is 26.3 Å². The lowest BCUT2D eigenvalue weighted by atomic mass is 9.94.